The van der Waals surface area contributed by atoms with Gasteiger partial charge in [0.2, 0.25) is 5.88 Å². The summed E-state index contributed by atoms with van der Waals surface area (Å²) in [6, 6.07) is 5.23. The van der Waals surface area contributed by atoms with Crippen molar-refractivity contribution in [3.05, 3.63) is 59.6 Å². The molecule has 1 aliphatic heterocycles. The first-order valence-corrected chi connectivity index (χ1v) is 12.5. The quantitative estimate of drug-likeness (QED) is 0.316. The van der Waals surface area contributed by atoms with Crippen molar-refractivity contribution in [3.63, 3.8) is 0 Å². The average Bonchev–Trinajstić information content (AvgIpc) is 3.52. The molecular formula is C26H21FN6O4S. The lowest BCUT2D eigenvalue weighted by Gasteiger charge is -2.19. The highest BCUT2D eigenvalue weighted by Gasteiger charge is 2.33. The summed E-state index contributed by atoms with van der Waals surface area (Å²) in [6.07, 6.45) is 3.11. The first kappa shape index (κ1) is 23.9. The van der Waals surface area contributed by atoms with Crippen molar-refractivity contribution in [1.29, 1.82) is 0 Å². The van der Waals surface area contributed by atoms with Crippen LogP contribution in [0.3, 0.4) is 0 Å². The maximum absolute atomic E-state index is 15.0. The number of rotatable bonds is 4. The first-order chi connectivity index (χ1) is 18.3. The molecular weight excluding hydrogens is 511 g/mol. The number of nitrogens with zero attached hydrogens (tertiary/aromatic N) is 6. The van der Waals surface area contributed by atoms with Crippen LogP contribution in [0.25, 0.3) is 31.8 Å². The number of fused-ring (bicyclic) bond motifs is 4. The first-order valence-electron chi connectivity index (χ1n) is 11.6. The summed E-state index contributed by atoms with van der Waals surface area (Å²) in [5.41, 5.74) is 4.66. The van der Waals surface area contributed by atoms with Gasteiger partial charge >= 0.3 is 6.09 Å². The van der Waals surface area contributed by atoms with Crippen LogP contribution in [-0.4, -0.2) is 51.5 Å². The fourth-order valence-electron chi connectivity index (χ4n) is 4.28. The number of carbonyl (C=O) groups is 1. The fraction of sp³-hybridized carbons (Fsp3) is 0.231. The number of thiazole rings is 1. The van der Waals surface area contributed by atoms with Gasteiger partial charge in [0.15, 0.2) is 11.6 Å². The van der Waals surface area contributed by atoms with Gasteiger partial charge in [-0.2, -0.15) is 0 Å². The van der Waals surface area contributed by atoms with Gasteiger partial charge in [-0.15, -0.1) is 11.3 Å². The van der Waals surface area contributed by atoms with Gasteiger partial charge in [-0.05, 0) is 31.5 Å². The molecule has 6 rings (SSSR count). The fourth-order valence-corrected chi connectivity index (χ4v) is 5.39. The van der Waals surface area contributed by atoms with Crippen molar-refractivity contribution in [3.8, 4) is 22.2 Å². The molecule has 0 unspecified atom stereocenters. The van der Waals surface area contributed by atoms with Crippen molar-refractivity contribution < 1.29 is 23.4 Å². The molecule has 0 N–H and O–H groups in total. The van der Waals surface area contributed by atoms with Gasteiger partial charge in [0, 0.05) is 24.2 Å². The molecule has 0 aliphatic carbocycles. The molecule has 0 radical (unpaired) electrons. The molecule has 2 aromatic carbocycles. The Hall–Kier alpha value is -4.45. The molecule has 0 bridgehead atoms. The van der Waals surface area contributed by atoms with Crippen LogP contribution in [0.2, 0.25) is 0 Å². The van der Waals surface area contributed by atoms with E-state index < -0.39 is 18.2 Å². The number of halogens is 1. The molecule has 1 atom stereocenters. The van der Waals surface area contributed by atoms with Gasteiger partial charge in [-0.1, -0.05) is 0 Å². The SMILES string of the molecule is COc1cnc2c(-c3nc4cc(F)c5c(c4s3)C[C@@H](OC(=O)N(C)c3cnc(C)nc3)O5)cc(C)cc2n1. The second-order valence-corrected chi connectivity index (χ2v) is 9.81. The van der Waals surface area contributed by atoms with E-state index in [1.54, 1.807) is 13.1 Å². The normalized spacial score (nSPS) is 14.4. The lowest BCUT2D eigenvalue weighted by molar-refractivity contribution is -0.0144. The van der Waals surface area contributed by atoms with Gasteiger partial charge in [0.25, 0.3) is 6.29 Å². The molecule has 4 heterocycles. The maximum Gasteiger partial charge on any atom is 0.417 e. The number of methoxy groups -OCH3 is 1. The summed E-state index contributed by atoms with van der Waals surface area (Å²) in [5.74, 6) is 0.489. The third-order valence-corrected chi connectivity index (χ3v) is 7.34. The van der Waals surface area contributed by atoms with Crippen molar-refractivity contribution in [1.82, 2.24) is 24.9 Å². The second kappa shape index (κ2) is 9.14. The van der Waals surface area contributed by atoms with E-state index in [0.29, 0.717) is 44.5 Å². The summed E-state index contributed by atoms with van der Waals surface area (Å²) >= 11 is 1.40. The topological polar surface area (TPSA) is 112 Å². The van der Waals surface area contributed by atoms with Crippen LogP contribution < -0.4 is 14.4 Å². The van der Waals surface area contributed by atoms with Gasteiger partial charge in [-0.3, -0.25) is 4.90 Å². The molecule has 12 heteroatoms. The molecule has 0 spiro atoms. The number of benzene rings is 2. The molecule has 192 valence electrons. The van der Waals surface area contributed by atoms with Crippen LogP contribution in [0.4, 0.5) is 14.9 Å². The molecule has 38 heavy (non-hydrogen) atoms. The molecule has 5 aromatic rings. The zero-order valence-electron chi connectivity index (χ0n) is 20.9. The summed E-state index contributed by atoms with van der Waals surface area (Å²) < 4.78 is 32.3. The minimum atomic E-state index is -0.991. The van der Waals surface area contributed by atoms with Crippen LogP contribution in [0.1, 0.15) is 17.0 Å². The Labute approximate surface area is 220 Å². The van der Waals surface area contributed by atoms with E-state index in [9.17, 15) is 4.79 Å². The number of amides is 1. The molecule has 0 saturated carbocycles. The number of anilines is 1. The Balaban J connectivity index is 1.32. The number of aromatic nitrogens is 5. The lowest BCUT2D eigenvalue weighted by Crippen LogP contribution is -2.33. The van der Waals surface area contributed by atoms with E-state index in [2.05, 4.69) is 19.9 Å². The summed E-state index contributed by atoms with van der Waals surface area (Å²) in [7, 11) is 3.08. The molecule has 1 aliphatic rings. The minimum Gasteiger partial charge on any atom is -0.480 e. The maximum atomic E-state index is 15.0. The largest absolute Gasteiger partial charge is 0.480 e. The number of hydrogen-bond donors (Lipinski definition) is 0. The van der Waals surface area contributed by atoms with Crippen LogP contribution in [0.5, 0.6) is 11.6 Å². The van der Waals surface area contributed by atoms with Gasteiger partial charge in [-0.25, -0.2) is 34.1 Å². The number of ether oxygens (including phenoxy) is 3. The predicted octanol–water partition coefficient (Wildman–Crippen LogP) is 5.00. The summed E-state index contributed by atoms with van der Waals surface area (Å²) in [4.78, 5) is 35.9. The average molecular weight is 533 g/mol. The smallest absolute Gasteiger partial charge is 0.417 e. The van der Waals surface area contributed by atoms with Crippen molar-refractivity contribution in [2.45, 2.75) is 26.6 Å². The third kappa shape index (κ3) is 4.12. The van der Waals surface area contributed by atoms with Crippen LogP contribution in [0, 0.1) is 19.7 Å². The Morgan fingerprint density at radius 1 is 1.11 bits per heavy atom. The van der Waals surface area contributed by atoms with Gasteiger partial charge in [0.05, 0.1) is 59.1 Å². The van der Waals surface area contributed by atoms with Crippen LogP contribution in [0.15, 0.2) is 36.8 Å². The summed E-state index contributed by atoms with van der Waals surface area (Å²) in [5, 5.41) is 0.667. The Morgan fingerprint density at radius 2 is 1.89 bits per heavy atom. The van der Waals surface area contributed by atoms with Crippen molar-refractivity contribution >= 4 is 44.4 Å². The van der Waals surface area contributed by atoms with E-state index >= 15 is 4.39 Å². The zero-order valence-corrected chi connectivity index (χ0v) is 21.7. The van der Waals surface area contributed by atoms with Crippen LogP contribution in [-0.2, 0) is 11.2 Å². The Kier molecular flexibility index (Phi) is 5.75. The lowest BCUT2D eigenvalue weighted by atomic mass is 10.1. The van der Waals surface area contributed by atoms with E-state index in [1.807, 2.05) is 19.1 Å². The highest BCUT2D eigenvalue weighted by Crippen LogP contribution is 2.43. The highest BCUT2D eigenvalue weighted by molar-refractivity contribution is 7.22. The number of carbonyl (C=O) groups excluding carboxylic acids is 1. The van der Waals surface area contributed by atoms with Gasteiger partial charge in [0.1, 0.15) is 10.8 Å². The van der Waals surface area contributed by atoms with E-state index in [4.69, 9.17) is 19.2 Å². The van der Waals surface area contributed by atoms with E-state index in [0.717, 1.165) is 15.8 Å². The molecule has 1 amide bonds. The van der Waals surface area contributed by atoms with E-state index in [1.165, 1.54) is 48.9 Å². The highest BCUT2D eigenvalue weighted by atomic mass is 32.1. The number of hydrogen-bond acceptors (Lipinski definition) is 10. The van der Waals surface area contributed by atoms with Crippen molar-refractivity contribution in [2.75, 3.05) is 19.1 Å². The van der Waals surface area contributed by atoms with Gasteiger partial charge < -0.3 is 14.2 Å². The van der Waals surface area contributed by atoms with E-state index in [-0.39, 0.29) is 12.2 Å². The second-order valence-electron chi connectivity index (χ2n) is 8.81. The summed E-state index contributed by atoms with van der Waals surface area (Å²) in [6.45, 7) is 3.71. The Morgan fingerprint density at radius 3 is 2.66 bits per heavy atom. The standard InChI is InChI=1S/C26H21FN6O4S/c1-12-5-15(22-18(6-12)31-20(35-4)11-30-22)25-32-19-8-17(27)23-16(24(19)38-25)7-21(36-23)37-26(34)33(3)14-9-28-13(2)29-10-14/h5-6,8-11,21H,7H2,1-4H3/t21-/m1/s1. The predicted molar refractivity (Wildman–Crippen MR) is 139 cm³/mol. The number of aryl methyl sites for hydroxylation is 2. The molecule has 10 nitrogen and oxygen atoms in total. The van der Waals surface area contributed by atoms with Crippen molar-refractivity contribution in [2.24, 2.45) is 0 Å². The third-order valence-electron chi connectivity index (χ3n) is 6.17. The molecule has 0 saturated heterocycles. The Bertz CT molecular complexity index is 1730. The molecule has 0 fully saturated rings. The molecule has 3 aromatic heterocycles. The zero-order chi connectivity index (χ0) is 26.6. The minimum absolute atomic E-state index is 0.0606. The monoisotopic (exact) mass is 532 g/mol. The van der Waals surface area contributed by atoms with Crippen LogP contribution >= 0.6 is 11.3 Å².